The first-order chi connectivity index (χ1) is 17.0. The molecule has 0 radical (unpaired) electrons. The van der Waals surface area contributed by atoms with Gasteiger partial charge in [-0.1, -0.05) is 64.6 Å². The monoisotopic (exact) mass is 585 g/mol. The molecule has 0 aliphatic carbocycles. The van der Waals surface area contributed by atoms with Crippen LogP contribution in [0.4, 0.5) is 11.4 Å². The number of aromatic carboxylic acids is 1. The fourth-order valence-electron chi connectivity index (χ4n) is 3.05. The number of hydrogen-bond acceptors (Lipinski definition) is 5. The SMILES string of the molecule is NC(=O)c1ccccc1NC(=O)CSc1cccc(NC(=O)c2c(Cl)c(Cl)c(Cl)c(Cl)c2C(=O)O)c1. The molecule has 13 heteroatoms. The van der Waals surface area contributed by atoms with Gasteiger partial charge in [-0.15, -0.1) is 11.8 Å². The summed E-state index contributed by atoms with van der Waals surface area (Å²) >= 11 is 25.2. The van der Waals surface area contributed by atoms with Gasteiger partial charge in [0, 0.05) is 10.6 Å². The van der Waals surface area contributed by atoms with Crippen LogP contribution in [0, 0.1) is 0 Å². The number of benzene rings is 3. The molecular formula is C23H15Cl4N3O5S. The molecule has 0 saturated heterocycles. The number of amides is 3. The van der Waals surface area contributed by atoms with Gasteiger partial charge in [0.25, 0.3) is 11.8 Å². The van der Waals surface area contributed by atoms with E-state index in [4.69, 9.17) is 52.1 Å². The van der Waals surface area contributed by atoms with Gasteiger partial charge in [-0.3, -0.25) is 14.4 Å². The second-order valence-electron chi connectivity index (χ2n) is 7.04. The van der Waals surface area contributed by atoms with Crippen molar-refractivity contribution in [3.63, 3.8) is 0 Å². The predicted molar refractivity (Wildman–Crippen MR) is 142 cm³/mol. The molecule has 0 spiro atoms. The van der Waals surface area contributed by atoms with Gasteiger partial charge in [-0.2, -0.15) is 0 Å². The van der Waals surface area contributed by atoms with Crippen molar-refractivity contribution in [2.45, 2.75) is 4.90 Å². The van der Waals surface area contributed by atoms with E-state index in [1.165, 1.54) is 6.07 Å². The number of para-hydroxylation sites is 1. The van der Waals surface area contributed by atoms with Gasteiger partial charge in [-0.25, -0.2) is 4.79 Å². The van der Waals surface area contributed by atoms with Gasteiger partial charge in [-0.05, 0) is 30.3 Å². The number of anilines is 2. The van der Waals surface area contributed by atoms with E-state index in [1.54, 1.807) is 42.5 Å². The second kappa shape index (κ2) is 11.9. The Kier molecular flexibility index (Phi) is 9.10. The lowest BCUT2D eigenvalue weighted by molar-refractivity contribution is -0.113. The summed E-state index contributed by atoms with van der Waals surface area (Å²) in [5.41, 5.74) is 5.05. The summed E-state index contributed by atoms with van der Waals surface area (Å²) in [6.07, 6.45) is 0. The number of halogens is 4. The number of primary amides is 1. The fourth-order valence-corrected chi connectivity index (χ4v) is 4.82. The van der Waals surface area contributed by atoms with Crippen molar-refractivity contribution in [3.05, 3.63) is 85.3 Å². The highest BCUT2D eigenvalue weighted by Gasteiger charge is 2.29. The topological polar surface area (TPSA) is 139 Å². The summed E-state index contributed by atoms with van der Waals surface area (Å²) < 4.78 is 0. The minimum absolute atomic E-state index is 0.0120. The van der Waals surface area contributed by atoms with Crippen molar-refractivity contribution in [3.8, 4) is 0 Å². The minimum Gasteiger partial charge on any atom is -0.478 e. The minimum atomic E-state index is -1.51. The van der Waals surface area contributed by atoms with Gasteiger partial charge in [0.05, 0.1) is 48.2 Å². The first-order valence-corrected chi connectivity index (χ1v) is 12.3. The van der Waals surface area contributed by atoms with E-state index >= 15 is 0 Å². The molecule has 0 aromatic heterocycles. The lowest BCUT2D eigenvalue weighted by atomic mass is 10.1. The molecule has 186 valence electrons. The van der Waals surface area contributed by atoms with Crippen molar-refractivity contribution in [2.75, 3.05) is 16.4 Å². The molecule has 0 aliphatic rings. The number of carbonyl (C=O) groups excluding carboxylic acids is 3. The van der Waals surface area contributed by atoms with E-state index in [2.05, 4.69) is 10.6 Å². The summed E-state index contributed by atoms with van der Waals surface area (Å²) in [6.45, 7) is 0. The zero-order valence-corrected chi connectivity index (χ0v) is 21.7. The van der Waals surface area contributed by atoms with Gasteiger partial charge in [0.1, 0.15) is 0 Å². The normalized spacial score (nSPS) is 10.6. The number of carboxylic acid groups (broad SMARTS) is 1. The van der Waals surface area contributed by atoms with Crippen LogP contribution in [0.5, 0.6) is 0 Å². The third-order valence-corrected chi connectivity index (χ3v) is 7.43. The van der Waals surface area contributed by atoms with Crippen molar-refractivity contribution >= 4 is 93.2 Å². The quantitative estimate of drug-likeness (QED) is 0.143. The van der Waals surface area contributed by atoms with E-state index in [9.17, 15) is 24.3 Å². The molecule has 3 rings (SSSR count). The summed E-state index contributed by atoms with van der Waals surface area (Å²) in [7, 11) is 0. The zero-order chi connectivity index (χ0) is 26.6. The Morgan fingerprint density at radius 1 is 0.833 bits per heavy atom. The van der Waals surface area contributed by atoms with Gasteiger partial charge in [0.2, 0.25) is 5.91 Å². The largest absolute Gasteiger partial charge is 0.478 e. The van der Waals surface area contributed by atoms with Crippen molar-refractivity contribution in [1.29, 1.82) is 0 Å². The van der Waals surface area contributed by atoms with Crippen LogP contribution in [0.25, 0.3) is 0 Å². The number of rotatable bonds is 8. The standard InChI is InChI=1S/C23H15Cl4N3O5S/c24-17-15(16(23(34)35)18(25)20(27)19(17)26)22(33)29-10-4-3-5-11(8-10)36-9-14(31)30-13-7-2-1-6-12(13)21(28)32/h1-8H,9H2,(H2,28,32)(H,29,33)(H,30,31)(H,34,35). The van der Waals surface area contributed by atoms with E-state index in [1.807, 2.05) is 0 Å². The summed E-state index contributed by atoms with van der Waals surface area (Å²) in [5.74, 6) is -3.45. The van der Waals surface area contributed by atoms with Crippen LogP contribution in [0.3, 0.4) is 0 Å². The Balaban J connectivity index is 1.74. The average molecular weight is 587 g/mol. The molecular weight excluding hydrogens is 572 g/mol. The predicted octanol–water partition coefficient (Wildman–Crippen LogP) is 6.08. The lowest BCUT2D eigenvalue weighted by Crippen LogP contribution is -2.19. The Morgan fingerprint density at radius 2 is 1.47 bits per heavy atom. The number of hydrogen-bond donors (Lipinski definition) is 4. The summed E-state index contributed by atoms with van der Waals surface area (Å²) in [4.78, 5) is 49.1. The van der Waals surface area contributed by atoms with E-state index in [-0.39, 0.29) is 32.3 Å². The van der Waals surface area contributed by atoms with Crippen LogP contribution >= 0.6 is 58.2 Å². The molecule has 5 N–H and O–H groups in total. The lowest BCUT2D eigenvalue weighted by Gasteiger charge is -2.14. The molecule has 3 aromatic carbocycles. The molecule has 3 aromatic rings. The Bertz CT molecular complexity index is 1400. The van der Waals surface area contributed by atoms with Crippen LogP contribution < -0.4 is 16.4 Å². The van der Waals surface area contributed by atoms with Gasteiger partial charge < -0.3 is 21.5 Å². The molecule has 0 saturated carbocycles. The summed E-state index contributed by atoms with van der Waals surface area (Å²) in [5, 5.41) is 13.4. The first kappa shape index (κ1) is 27.6. The van der Waals surface area contributed by atoms with Gasteiger partial charge in [0.15, 0.2) is 0 Å². The smallest absolute Gasteiger partial charge is 0.338 e. The molecule has 0 bridgehead atoms. The number of carbonyl (C=O) groups is 4. The number of carboxylic acids is 1. The molecule has 36 heavy (non-hydrogen) atoms. The van der Waals surface area contributed by atoms with E-state index in [0.29, 0.717) is 16.3 Å². The van der Waals surface area contributed by atoms with Crippen molar-refractivity contribution in [2.24, 2.45) is 5.73 Å². The molecule has 0 fully saturated rings. The molecule has 0 heterocycles. The Morgan fingerprint density at radius 3 is 2.11 bits per heavy atom. The average Bonchev–Trinajstić information content (AvgIpc) is 2.83. The Hall–Kier alpha value is -2.95. The molecule has 0 atom stereocenters. The van der Waals surface area contributed by atoms with Crippen LogP contribution in [0.1, 0.15) is 31.1 Å². The summed E-state index contributed by atoms with van der Waals surface area (Å²) in [6, 6.07) is 12.8. The van der Waals surface area contributed by atoms with Crippen molar-refractivity contribution in [1.82, 2.24) is 0 Å². The molecule has 0 unspecified atom stereocenters. The van der Waals surface area contributed by atoms with Crippen molar-refractivity contribution < 1.29 is 24.3 Å². The maximum atomic E-state index is 12.9. The second-order valence-corrected chi connectivity index (χ2v) is 9.60. The molecule has 3 amide bonds. The first-order valence-electron chi connectivity index (χ1n) is 9.83. The maximum absolute atomic E-state index is 12.9. The third kappa shape index (κ3) is 6.24. The number of nitrogens with two attached hydrogens (primary N) is 1. The number of nitrogens with one attached hydrogen (secondary N) is 2. The molecule has 0 aliphatic heterocycles. The van der Waals surface area contributed by atoms with Crippen LogP contribution in [-0.4, -0.2) is 34.6 Å². The highest BCUT2D eigenvalue weighted by Crippen LogP contribution is 2.42. The van der Waals surface area contributed by atoms with Crippen LogP contribution in [0.15, 0.2) is 53.4 Å². The maximum Gasteiger partial charge on any atom is 0.338 e. The van der Waals surface area contributed by atoms with Gasteiger partial charge >= 0.3 is 5.97 Å². The van der Waals surface area contributed by atoms with Crippen LogP contribution in [0.2, 0.25) is 20.1 Å². The zero-order valence-electron chi connectivity index (χ0n) is 17.9. The third-order valence-electron chi connectivity index (χ3n) is 4.64. The van der Waals surface area contributed by atoms with E-state index in [0.717, 1.165) is 11.8 Å². The molecule has 8 nitrogen and oxygen atoms in total. The number of thioether (sulfide) groups is 1. The highest BCUT2D eigenvalue weighted by atomic mass is 35.5. The Labute approximate surface area is 229 Å². The fraction of sp³-hybridized carbons (Fsp3) is 0.0435. The highest BCUT2D eigenvalue weighted by molar-refractivity contribution is 8.00. The van der Waals surface area contributed by atoms with E-state index < -0.39 is 33.9 Å². The van der Waals surface area contributed by atoms with Crippen LogP contribution in [-0.2, 0) is 4.79 Å².